The fraction of sp³-hybridized carbons (Fsp3) is 0.391. The van der Waals surface area contributed by atoms with Crippen molar-refractivity contribution in [2.45, 2.75) is 51.9 Å². The largest absolute Gasteiger partial charge is 0.0883 e. The quantitative estimate of drug-likeness (QED) is 0.342. The first kappa shape index (κ1) is 17.5. The average Bonchev–Trinajstić information content (AvgIpc) is 2.62. The van der Waals surface area contributed by atoms with Gasteiger partial charge in [-0.25, -0.2) is 0 Å². The Bertz CT molecular complexity index is 495. The topological polar surface area (TPSA) is 0 Å². The second-order valence-electron chi connectivity index (χ2n) is 6.38. The summed E-state index contributed by atoms with van der Waals surface area (Å²) in [6, 6.07) is 21.8. The minimum Gasteiger partial charge on any atom is -0.0883 e. The van der Waals surface area contributed by atoms with Crippen molar-refractivity contribution in [2.24, 2.45) is 5.92 Å². The molecule has 0 saturated carbocycles. The van der Waals surface area contributed by atoms with Crippen LogP contribution < -0.4 is 0 Å². The van der Waals surface area contributed by atoms with Gasteiger partial charge < -0.3 is 0 Å². The fourth-order valence-corrected chi connectivity index (χ4v) is 2.94. The number of benzene rings is 2. The van der Waals surface area contributed by atoms with E-state index in [0.717, 1.165) is 0 Å². The van der Waals surface area contributed by atoms with Gasteiger partial charge in [-0.05, 0) is 49.1 Å². The van der Waals surface area contributed by atoms with Crippen LogP contribution in [0.4, 0.5) is 0 Å². The van der Waals surface area contributed by atoms with E-state index in [1.165, 1.54) is 56.1 Å². The van der Waals surface area contributed by atoms with Gasteiger partial charge in [0.05, 0.1) is 0 Å². The summed E-state index contributed by atoms with van der Waals surface area (Å²) in [5.41, 5.74) is 2.92. The minimum absolute atomic E-state index is 0.687. The molecule has 0 heterocycles. The van der Waals surface area contributed by atoms with Gasteiger partial charge in [-0.15, -0.1) is 0 Å². The first-order valence-electron chi connectivity index (χ1n) is 9.13. The smallest absolute Gasteiger partial charge is 0.0227 e. The molecule has 23 heavy (non-hydrogen) atoms. The predicted molar refractivity (Wildman–Crippen MR) is 102 cm³/mol. The van der Waals surface area contributed by atoms with Crippen molar-refractivity contribution in [2.75, 3.05) is 0 Å². The highest BCUT2D eigenvalue weighted by atomic mass is 14.1. The van der Waals surface area contributed by atoms with E-state index >= 15 is 0 Å². The molecule has 0 atom stereocenters. The predicted octanol–water partition coefficient (Wildman–Crippen LogP) is 6.61. The third-order valence-corrected chi connectivity index (χ3v) is 4.43. The third kappa shape index (κ3) is 7.32. The molecule has 0 aromatic heterocycles. The highest BCUT2D eigenvalue weighted by molar-refractivity contribution is 5.16. The van der Waals surface area contributed by atoms with Gasteiger partial charge in [0.1, 0.15) is 0 Å². The Morgan fingerprint density at radius 1 is 0.783 bits per heavy atom. The molecule has 0 aliphatic heterocycles. The molecule has 0 aliphatic rings. The Morgan fingerprint density at radius 3 is 1.78 bits per heavy atom. The van der Waals surface area contributed by atoms with Crippen molar-refractivity contribution in [3.63, 3.8) is 0 Å². The Kier molecular flexibility index (Phi) is 8.26. The number of hydrogen-bond donors (Lipinski definition) is 0. The van der Waals surface area contributed by atoms with Gasteiger partial charge in [-0.1, -0.05) is 92.6 Å². The molecular weight excluding hydrogens is 276 g/mol. The van der Waals surface area contributed by atoms with E-state index in [-0.39, 0.29) is 0 Å². The van der Waals surface area contributed by atoms with Crippen molar-refractivity contribution >= 4 is 0 Å². The first-order valence-corrected chi connectivity index (χ1v) is 9.13. The van der Waals surface area contributed by atoms with E-state index in [1.807, 2.05) is 0 Å². The highest BCUT2D eigenvalue weighted by Crippen LogP contribution is 2.18. The van der Waals surface area contributed by atoms with Crippen LogP contribution in [-0.4, -0.2) is 0 Å². The van der Waals surface area contributed by atoms with Crippen LogP contribution in [0.1, 0.15) is 50.2 Å². The molecule has 0 saturated heterocycles. The molecule has 122 valence electrons. The summed E-state index contributed by atoms with van der Waals surface area (Å²) in [5, 5.41) is 0. The Hall–Kier alpha value is -1.82. The summed E-state index contributed by atoms with van der Waals surface area (Å²) in [7, 11) is 0. The molecule has 0 radical (unpaired) electrons. The van der Waals surface area contributed by atoms with Gasteiger partial charge >= 0.3 is 0 Å². The zero-order valence-electron chi connectivity index (χ0n) is 14.5. The standard InChI is InChI=1S/C23H30/c1-2-3-4-7-16-23(19-17-21-12-8-5-9-13-21)20-18-22-14-10-6-11-15-22/h5-16,23H,2-4,17-20H2,1H3/b16-7+. The lowest BCUT2D eigenvalue weighted by molar-refractivity contribution is 0.543. The van der Waals surface area contributed by atoms with E-state index in [4.69, 9.17) is 0 Å². The molecule has 0 bridgehead atoms. The Balaban J connectivity index is 1.86. The van der Waals surface area contributed by atoms with E-state index in [1.54, 1.807) is 0 Å². The van der Waals surface area contributed by atoms with Crippen molar-refractivity contribution in [1.82, 2.24) is 0 Å². The fourth-order valence-electron chi connectivity index (χ4n) is 2.94. The number of rotatable bonds is 10. The van der Waals surface area contributed by atoms with Crippen LogP contribution in [0, 0.1) is 5.92 Å². The van der Waals surface area contributed by atoms with Crippen LogP contribution in [-0.2, 0) is 12.8 Å². The molecule has 0 fully saturated rings. The maximum absolute atomic E-state index is 2.47. The van der Waals surface area contributed by atoms with E-state index in [9.17, 15) is 0 Å². The summed E-state index contributed by atoms with van der Waals surface area (Å²) >= 11 is 0. The summed E-state index contributed by atoms with van der Waals surface area (Å²) in [6.07, 6.45) is 13.6. The zero-order valence-corrected chi connectivity index (χ0v) is 14.5. The lowest BCUT2D eigenvalue weighted by Gasteiger charge is -2.13. The molecule has 0 aliphatic carbocycles. The lowest BCUT2D eigenvalue weighted by Crippen LogP contribution is -2.02. The molecule has 2 aromatic carbocycles. The molecule has 2 rings (SSSR count). The van der Waals surface area contributed by atoms with Crippen LogP contribution in [0.3, 0.4) is 0 Å². The molecule has 0 unspecified atom stereocenters. The van der Waals surface area contributed by atoms with E-state index in [0.29, 0.717) is 5.92 Å². The summed E-state index contributed by atoms with van der Waals surface area (Å²) < 4.78 is 0. The lowest BCUT2D eigenvalue weighted by atomic mass is 9.92. The molecule has 0 heteroatoms. The molecular formula is C23H30. The van der Waals surface area contributed by atoms with Gasteiger partial charge in [0.25, 0.3) is 0 Å². The monoisotopic (exact) mass is 306 g/mol. The Labute approximate surface area is 142 Å². The van der Waals surface area contributed by atoms with Crippen LogP contribution in [0.15, 0.2) is 72.8 Å². The zero-order chi connectivity index (χ0) is 16.2. The SMILES string of the molecule is CCCC/C=C/C(CCc1ccccc1)CCc1ccccc1. The molecule has 0 N–H and O–H groups in total. The van der Waals surface area contributed by atoms with Crippen LogP contribution >= 0.6 is 0 Å². The van der Waals surface area contributed by atoms with E-state index < -0.39 is 0 Å². The van der Waals surface area contributed by atoms with Crippen LogP contribution in [0.5, 0.6) is 0 Å². The summed E-state index contributed by atoms with van der Waals surface area (Å²) in [4.78, 5) is 0. The van der Waals surface area contributed by atoms with Gasteiger partial charge in [0.15, 0.2) is 0 Å². The maximum atomic E-state index is 2.47. The maximum Gasteiger partial charge on any atom is -0.0227 e. The van der Waals surface area contributed by atoms with Crippen molar-refractivity contribution in [1.29, 1.82) is 0 Å². The van der Waals surface area contributed by atoms with Crippen molar-refractivity contribution < 1.29 is 0 Å². The van der Waals surface area contributed by atoms with Crippen LogP contribution in [0.2, 0.25) is 0 Å². The normalized spacial score (nSPS) is 11.4. The average molecular weight is 306 g/mol. The van der Waals surface area contributed by atoms with Gasteiger partial charge in [0.2, 0.25) is 0 Å². The summed E-state index contributed by atoms with van der Waals surface area (Å²) in [5.74, 6) is 0.687. The van der Waals surface area contributed by atoms with Crippen molar-refractivity contribution in [3.8, 4) is 0 Å². The van der Waals surface area contributed by atoms with Gasteiger partial charge in [-0.2, -0.15) is 0 Å². The molecule has 0 spiro atoms. The minimum atomic E-state index is 0.687. The Morgan fingerprint density at radius 2 is 1.30 bits per heavy atom. The molecule has 0 nitrogen and oxygen atoms in total. The second kappa shape index (κ2) is 10.8. The highest BCUT2D eigenvalue weighted by Gasteiger charge is 2.06. The number of unbranched alkanes of at least 4 members (excludes halogenated alkanes) is 2. The molecule has 0 amide bonds. The number of allylic oxidation sites excluding steroid dienone is 2. The summed E-state index contributed by atoms with van der Waals surface area (Å²) in [6.45, 7) is 2.26. The number of aryl methyl sites for hydroxylation is 2. The van der Waals surface area contributed by atoms with Crippen LogP contribution in [0.25, 0.3) is 0 Å². The van der Waals surface area contributed by atoms with Gasteiger partial charge in [-0.3, -0.25) is 0 Å². The third-order valence-electron chi connectivity index (χ3n) is 4.43. The van der Waals surface area contributed by atoms with Gasteiger partial charge in [0, 0.05) is 0 Å². The second-order valence-corrected chi connectivity index (χ2v) is 6.38. The van der Waals surface area contributed by atoms with E-state index in [2.05, 4.69) is 79.7 Å². The first-order chi connectivity index (χ1) is 11.4. The number of hydrogen-bond acceptors (Lipinski definition) is 0. The molecule has 2 aromatic rings. The van der Waals surface area contributed by atoms with Crippen molar-refractivity contribution in [3.05, 3.63) is 83.9 Å².